The molecule has 0 unspecified atom stereocenters. The van der Waals surface area contributed by atoms with Gasteiger partial charge >= 0.3 is 7.62 Å². The minimum absolute atomic E-state index is 0.230. The molecule has 3 heteroatoms. The van der Waals surface area contributed by atoms with Crippen LogP contribution in [0.1, 0.15) is 32.4 Å². The molecule has 2 atom stereocenters. The zero-order chi connectivity index (χ0) is 10.8. The maximum absolute atomic E-state index is 5.85. The minimum Gasteiger partial charge on any atom is -0.415 e. The van der Waals surface area contributed by atoms with Gasteiger partial charge in [0.2, 0.25) is 0 Å². The third kappa shape index (κ3) is 2.08. The second-order valence-electron chi connectivity index (χ2n) is 4.48. The molecule has 0 amide bonds. The molecule has 0 aliphatic carbocycles. The molecule has 1 heterocycles. The fourth-order valence-electron chi connectivity index (χ4n) is 2.23. The van der Waals surface area contributed by atoms with Gasteiger partial charge in [-0.25, -0.2) is 0 Å². The van der Waals surface area contributed by atoms with E-state index in [4.69, 9.17) is 4.65 Å². The van der Waals surface area contributed by atoms with E-state index in [1.165, 1.54) is 5.56 Å². The highest BCUT2D eigenvalue weighted by atomic mass is 16.5. The molecule has 0 radical (unpaired) electrons. The molecular formula is C12H18BNO. The molecule has 15 heavy (non-hydrogen) atoms. The van der Waals surface area contributed by atoms with Crippen molar-refractivity contribution >= 4 is 7.62 Å². The maximum Gasteiger partial charge on any atom is 0.364 e. The van der Waals surface area contributed by atoms with E-state index in [2.05, 4.69) is 49.8 Å². The van der Waals surface area contributed by atoms with E-state index in [-0.39, 0.29) is 6.10 Å². The Morgan fingerprint density at radius 3 is 2.47 bits per heavy atom. The first kappa shape index (κ1) is 10.7. The van der Waals surface area contributed by atoms with Gasteiger partial charge in [-0.1, -0.05) is 44.2 Å². The summed E-state index contributed by atoms with van der Waals surface area (Å²) in [7, 11) is 0.748. The molecule has 1 fully saturated rings. The summed E-state index contributed by atoms with van der Waals surface area (Å²) in [4.78, 5) is 2.39. The zero-order valence-electron chi connectivity index (χ0n) is 9.68. The second-order valence-corrected chi connectivity index (χ2v) is 4.48. The van der Waals surface area contributed by atoms with Crippen molar-refractivity contribution in [2.24, 2.45) is 0 Å². The van der Waals surface area contributed by atoms with Gasteiger partial charge in [-0.05, 0) is 18.5 Å². The van der Waals surface area contributed by atoms with Gasteiger partial charge in [0.15, 0.2) is 0 Å². The molecule has 0 N–H and O–H groups in total. The average molecular weight is 203 g/mol. The Labute approximate surface area is 92.5 Å². The summed E-state index contributed by atoms with van der Waals surface area (Å²) in [6.07, 6.45) is 0.230. The van der Waals surface area contributed by atoms with Crippen LogP contribution >= 0.6 is 0 Å². The summed E-state index contributed by atoms with van der Waals surface area (Å²) in [5.74, 6) is 0. The van der Waals surface area contributed by atoms with Crippen LogP contribution in [0.15, 0.2) is 30.3 Å². The number of hydrogen-bond acceptors (Lipinski definition) is 2. The molecule has 0 spiro atoms. The predicted octanol–water partition coefficient (Wildman–Crippen LogP) is 2.12. The lowest BCUT2D eigenvalue weighted by atomic mass is 10.0. The van der Waals surface area contributed by atoms with Gasteiger partial charge in [0.05, 0.1) is 6.10 Å². The SMILES string of the molecule is CC(C)N1BO[C@@H](c2ccccc2)[C@@H]1C. The van der Waals surface area contributed by atoms with Gasteiger partial charge in [-0.15, -0.1) is 0 Å². The molecule has 0 bridgehead atoms. The van der Waals surface area contributed by atoms with Crippen molar-refractivity contribution in [2.75, 3.05) is 0 Å². The predicted molar refractivity (Wildman–Crippen MR) is 63.9 cm³/mol. The lowest BCUT2D eigenvalue weighted by molar-refractivity contribution is 0.198. The van der Waals surface area contributed by atoms with Crippen LogP contribution in [-0.4, -0.2) is 24.5 Å². The van der Waals surface area contributed by atoms with Crippen molar-refractivity contribution in [2.45, 2.75) is 39.0 Å². The van der Waals surface area contributed by atoms with Crippen molar-refractivity contribution in [3.63, 3.8) is 0 Å². The van der Waals surface area contributed by atoms with Crippen LogP contribution in [-0.2, 0) is 4.65 Å². The summed E-state index contributed by atoms with van der Waals surface area (Å²) >= 11 is 0. The summed E-state index contributed by atoms with van der Waals surface area (Å²) in [6.45, 7) is 6.67. The lowest BCUT2D eigenvalue weighted by Gasteiger charge is -2.26. The van der Waals surface area contributed by atoms with E-state index >= 15 is 0 Å². The molecule has 1 saturated heterocycles. The largest absolute Gasteiger partial charge is 0.415 e. The molecule has 2 rings (SSSR count). The highest BCUT2D eigenvalue weighted by Gasteiger charge is 2.34. The van der Waals surface area contributed by atoms with Crippen LogP contribution in [0.25, 0.3) is 0 Å². The maximum atomic E-state index is 5.85. The third-order valence-corrected chi connectivity index (χ3v) is 3.16. The van der Waals surface area contributed by atoms with Crippen molar-refractivity contribution in [1.29, 1.82) is 0 Å². The fraction of sp³-hybridized carbons (Fsp3) is 0.500. The Hall–Kier alpha value is -0.795. The van der Waals surface area contributed by atoms with E-state index in [0.717, 1.165) is 7.62 Å². The average Bonchev–Trinajstić information content (AvgIpc) is 2.61. The van der Waals surface area contributed by atoms with Crippen LogP contribution in [0.4, 0.5) is 0 Å². The van der Waals surface area contributed by atoms with Crippen molar-refractivity contribution < 1.29 is 4.65 Å². The summed E-state index contributed by atoms with van der Waals surface area (Å²) in [6, 6.07) is 11.5. The number of rotatable bonds is 2. The standard InChI is InChI=1S/C12H18BNO/c1-9(2)14-10(3)12(15-13-14)11-7-5-4-6-8-11/h4-10,12-13H,1-3H3/t10-,12+/m0/s1. The Bertz CT molecular complexity index is 315. The van der Waals surface area contributed by atoms with Gasteiger partial charge in [0.1, 0.15) is 0 Å². The van der Waals surface area contributed by atoms with Crippen LogP contribution in [0.5, 0.6) is 0 Å². The number of benzene rings is 1. The van der Waals surface area contributed by atoms with Crippen molar-refractivity contribution in [3.8, 4) is 0 Å². The smallest absolute Gasteiger partial charge is 0.364 e. The molecule has 0 aromatic heterocycles. The normalized spacial score (nSPS) is 26.9. The van der Waals surface area contributed by atoms with Crippen LogP contribution in [0.2, 0.25) is 0 Å². The van der Waals surface area contributed by atoms with E-state index in [1.807, 2.05) is 6.07 Å². The third-order valence-electron chi connectivity index (χ3n) is 3.16. The van der Waals surface area contributed by atoms with Crippen LogP contribution in [0.3, 0.4) is 0 Å². The number of nitrogens with zero attached hydrogens (tertiary/aromatic N) is 1. The van der Waals surface area contributed by atoms with Crippen molar-refractivity contribution in [3.05, 3.63) is 35.9 Å². The molecule has 1 aromatic rings. The van der Waals surface area contributed by atoms with Gasteiger partial charge < -0.3 is 9.47 Å². The minimum atomic E-state index is 0.230. The molecule has 1 aliphatic rings. The lowest BCUT2D eigenvalue weighted by Crippen LogP contribution is -2.36. The fourth-order valence-corrected chi connectivity index (χ4v) is 2.23. The molecule has 0 saturated carbocycles. The van der Waals surface area contributed by atoms with E-state index < -0.39 is 0 Å². The Morgan fingerprint density at radius 1 is 1.27 bits per heavy atom. The first-order chi connectivity index (χ1) is 7.20. The zero-order valence-corrected chi connectivity index (χ0v) is 9.68. The Kier molecular flexibility index (Phi) is 3.12. The molecular weight excluding hydrogens is 185 g/mol. The van der Waals surface area contributed by atoms with Crippen LogP contribution < -0.4 is 0 Å². The van der Waals surface area contributed by atoms with Gasteiger partial charge in [-0.3, -0.25) is 0 Å². The van der Waals surface area contributed by atoms with Crippen molar-refractivity contribution in [1.82, 2.24) is 4.81 Å². The van der Waals surface area contributed by atoms with E-state index in [1.54, 1.807) is 0 Å². The van der Waals surface area contributed by atoms with Gasteiger partial charge in [-0.2, -0.15) is 0 Å². The molecule has 80 valence electrons. The van der Waals surface area contributed by atoms with E-state index in [0.29, 0.717) is 12.1 Å². The molecule has 1 aliphatic heterocycles. The summed E-state index contributed by atoms with van der Waals surface area (Å²) in [5, 5.41) is 0. The van der Waals surface area contributed by atoms with Crippen LogP contribution in [0, 0.1) is 0 Å². The van der Waals surface area contributed by atoms with Gasteiger partial charge in [0.25, 0.3) is 0 Å². The second kappa shape index (κ2) is 4.37. The monoisotopic (exact) mass is 203 g/mol. The summed E-state index contributed by atoms with van der Waals surface area (Å²) in [5.41, 5.74) is 1.29. The first-order valence-corrected chi connectivity index (χ1v) is 5.62. The van der Waals surface area contributed by atoms with Gasteiger partial charge in [0, 0.05) is 6.04 Å². The van der Waals surface area contributed by atoms with E-state index in [9.17, 15) is 0 Å². The highest BCUT2D eigenvalue weighted by Crippen LogP contribution is 2.30. The Morgan fingerprint density at radius 2 is 1.93 bits per heavy atom. The molecule has 2 nitrogen and oxygen atoms in total. The topological polar surface area (TPSA) is 12.5 Å². The molecule has 1 aromatic carbocycles. The summed E-state index contributed by atoms with van der Waals surface area (Å²) < 4.78 is 5.85. The first-order valence-electron chi connectivity index (χ1n) is 5.62. The Balaban J connectivity index is 2.14. The highest BCUT2D eigenvalue weighted by molar-refractivity contribution is 6.24. The number of hydrogen-bond donors (Lipinski definition) is 0. The quantitative estimate of drug-likeness (QED) is 0.682.